The van der Waals surface area contributed by atoms with Crippen LogP contribution in [0.2, 0.25) is 0 Å². The molecule has 0 aliphatic carbocycles. The minimum Gasteiger partial charge on any atom is -0.365 e. The zero-order valence-corrected chi connectivity index (χ0v) is 17.1. The van der Waals surface area contributed by atoms with Gasteiger partial charge in [0.1, 0.15) is 4.88 Å². The van der Waals surface area contributed by atoms with Crippen LogP contribution in [0.15, 0.2) is 89.7 Å². The topological polar surface area (TPSA) is 59.8 Å². The summed E-state index contributed by atoms with van der Waals surface area (Å²) in [7, 11) is 1.84. The summed E-state index contributed by atoms with van der Waals surface area (Å²) in [5.41, 5.74) is 3.13. The molecule has 0 spiro atoms. The maximum Gasteiger partial charge on any atom is 0.266 e. The van der Waals surface area contributed by atoms with Gasteiger partial charge in [-0.3, -0.25) is 9.36 Å². The summed E-state index contributed by atoms with van der Waals surface area (Å²) in [6.45, 7) is 0. The molecule has 6 heteroatoms. The Kier molecular flexibility index (Phi) is 4.61. The van der Waals surface area contributed by atoms with E-state index >= 15 is 0 Å². The molecule has 1 N–H and O–H groups in total. The number of nitrogens with zero attached hydrogens (tertiary/aromatic N) is 3. The Morgan fingerprint density at radius 3 is 2.23 bits per heavy atom. The van der Waals surface area contributed by atoms with E-state index in [2.05, 4.69) is 5.32 Å². The van der Waals surface area contributed by atoms with Gasteiger partial charge in [0.05, 0.1) is 22.3 Å². The number of para-hydroxylation sites is 2. The van der Waals surface area contributed by atoms with Crippen LogP contribution < -0.4 is 10.9 Å². The molecule has 30 heavy (non-hydrogen) atoms. The number of benzene rings is 3. The first kappa shape index (κ1) is 18.3. The van der Waals surface area contributed by atoms with Crippen molar-refractivity contribution in [3.8, 4) is 27.6 Å². The second-order valence-corrected chi connectivity index (χ2v) is 7.74. The van der Waals surface area contributed by atoms with E-state index < -0.39 is 0 Å². The predicted octanol–water partition coefficient (Wildman–Crippen LogP) is 5.22. The van der Waals surface area contributed by atoms with E-state index in [-0.39, 0.29) is 5.56 Å². The van der Waals surface area contributed by atoms with Gasteiger partial charge in [-0.1, -0.05) is 72.0 Å². The van der Waals surface area contributed by atoms with Gasteiger partial charge in [-0.15, -0.1) is 0 Å². The van der Waals surface area contributed by atoms with Gasteiger partial charge in [-0.05, 0) is 24.3 Å². The van der Waals surface area contributed by atoms with Gasteiger partial charge in [0.2, 0.25) is 0 Å². The SMILES string of the molecule is CNc1nc(-c2ccccc2)c(-c2nc3ccccc3c(=O)n2-c2ccccc2)s1. The third-order valence-corrected chi connectivity index (χ3v) is 5.95. The van der Waals surface area contributed by atoms with Crippen LogP contribution in [-0.4, -0.2) is 21.6 Å². The molecule has 5 rings (SSSR count). The lowest BCUT2D eigenvalue weighted by molar-refractivity contribution is 0.979. The van der Waals surface area contributed by atoms with Crippen molar-refractivity contribution in [3.63, 3.8) is 0 Å². The number of anilines is 1. The van der Waals surface area contributed by atoms with Crippen LogP contribution >= 0.6 is 11.3 Å². The molecule has 2 aromatic heterocycles. The largest absolute Gasteiger partial charge is 0.365 e. The van der Waals surface area contributed by atoms with Crippen molar-refractivity contribution < 1.29 is 0 Å². The van der Waals surface area contributed by atoms with Gasteiger partial charge in [-0.2, -0.15) is 0 Å². The van der Waals surface area contributed by atoms with E-state index in [0.29, 0.717) is 16.7 Å². The van der Waals surface area contributed by atoms with E-state index in [0.717, 1.165) is 27.0 Å². The molecule has 0 aliphatic rings. The Labute approximate surface area is 177 Å². The van der Waals surface area contributed by atoms with Crippen molar-refractivity contribution in [3.05, 3.63) is 95.3 Å². The minimum atomic E-state index is -0.0970. The number of rotatable bonds is 4. The first-order valence-electron chi connectivity index (χ1n) is 9.58. The molecule has 0 radical (unpaired) electrons. The third-order valence-electron chi connectivity index (χ3n) is 4.88. The summed E-state index contributed by atoms with van der Waals surface area (Å²) in [5, 5.41) is 4.49. The molecule has 0 amide bonds. The second-order valence-electron chi connectivity index (χ2n) is 6.74. The van der Waals surface area contributed by atoms with Gasteiger partial charge in [0.25, 0.3) is 5.56 Å². The van der Waals surface area contributed by atoms with Crippen molar-refractivity contribution in [1.82, 2.24) is 14.5 Å². The molecule has 0 atom stereocenters. The van der Waals surface area contributed by atoms with Gasteiger partial charge < -0.3 is 5.32 Å². The highest BCUT2D eigenvalue weighted by molar-refractivity contribution is 7.19. The molecular weight excluding hydrogens is 392 g/mol. The number of nitrogens with one attached hydrogen (secondary N) is 1. The van der Waals surface area contributed by atoms with Crippen LogP contribution in [0, 0.1) is 0 Å². The van der Waals surface area contributed by atoms with Crippen molar-refractivity contribution >= 4 is 27.4 Å². The van der Waals surface area contributed by atoms with Crippen LogP contribution in [0.1, 0.15) is 0 Å². The Morgan fingerprint density at radius 2 is 1.50 bits per heavy atom. The molecule has 5 aromatic rings. The van der Waals surface area contributed by atoms with Crippen molar-refractivity contribution in [1.29, 1.82) is 0 Å². The lowest BCUT2D eigenvalue weighted by Crippen LogP contribution is -2.21. The van der Waals surface area contributed by atoms with E-state index in [1.807, 2.05) is 92.0 Å². The highest BCUT2D eigenvalue weighted by Crippen LogP contribution is 2.38. The summed E-state index contributed by atoms with van der Waals surface area (Å²) in [6, 6.07) is 27.0. The van der Waals surface area contributed by atoms with Crippen LogP contribution in [-0.2, 0) is 0 Å². The molecule has 0 saturated heterocycles. The molecule has 0 saturated carbocycles. The molecule has 5 nitrogen and oxygen atoms in total. The molecule has 0 unspecified atom stereocenters. The first-order chi connectivity index (χ1) is 14.8. The summed E-state index contributed by atoms with van der Waals surface area (Å²) in [6.07, 6.45) is 0. The van der Waals surface area contributed by atoms with E-state index in [1.54, 1.807) is 4.57 Å². The summed E-state index contributed by atoms with van der Waals surface area (Å²) < 4.78 is 1.68. The van der Waals surface area contributed by atoms with Gasteiger partial charge in [0.15, 0.2) is 11.0 Å². The Morgan fingerprint density at radius 1 is 0.833 bits per heavy atom. The third kappa shape index (κ3) is 3.07. The molecule has 0 aliphatic heterocycles. The summed E-state index contributed by atoms with van der Waals surface area (Å²) in [5.74, 6) is 0.586. The Bertz CT molecular complexity index is 1390. The molecular formula is C24H18N4OS. The number of thiazole rings is 1. The molecule has 0 fully saturated rings. The average Bonchev–Trinajstić information content (AvgIpc) is 3.25. The van der Waals surface area contributed by atoms with E-state index in [9.17, 15) is 4.79 Å². The minimum absolute atomic E-state index is 0.0970. The first-order valence-corrected chi connectivity index (χ1v) is 10.4. The number of hydrogen-bond donors (Lipinski definition) is 1. The van der Waals surface area contributed by atoms with Crippen LogP contribution in [0.25, 0.3) is 38.5 Å². The Balaban J connectivity index is 1.88. The highest BCUT2D eigenvalue weighted by atomic mass is 32.1. The van der Waals surface area contributed by atoms with E-state index in [4.69, 9.17) is 9.97 Å². The zero-order chi connectivity index (χ0) is 20.5. The number of hydrogen-bond acceptors (Lipinski definition) is 5. The monoisotopic (exact) mass is 410 g/mol. The standard InChI is InChI=1S/C24H18N4OS/c1-25-24-27-20(16-10-4-2-5-11-16)21(30-24)22-26-19-15-9-8-14-18(19)23(29)28(22)17-12-6-3-7-13-17/h2-15H,1H3,(H,25,27). The van der Waals surface area contributed by atoms with Crippen LogP contribution in [0.3, 0.4) is 0 Å². The van der Waals surface area contributed by atoms with Crippen LogP contribution in [0.5, 0.6) is 0 Å². The molecule has 2 heterocycles. The zero-order valence-electron chi connectivity index (χ0n) is 16.2. The van der Waals surface area contributed by atoms with Crippen molar-refractivity contribution in [2.24, 2.45) is 0 Å². The van der Waals surface area contributed by atoms with Gasteiger partial charge >= 0.3 is 0 Å². The smallest absolute Gasteiger partial charge is 0.266 e. The molecule has 0 bridgehead atoms. The van der Waals surface area contributed by atoms with Crippen LogP contribution in [0.4, 0.5) is 5.13 Å². The number of aromatic nitrogens is 3. The van der Waals surface area contributed by atoms with E-state index in [1.165, 1.54) is 11.3 Å². The van der Waals surface area contributed by atoms with Crippen molar-refractivity contribution in [2.75, 3.05) is 12.4 Å². The predicted molar refractivity (Wildman–Crippen MR) is 123 cm³/mol. The fourth-order valence-corrected chi connectivity index (χ4v) is 4.39. The quantitative estimate of drug-likeness (QED) is 0.441. The lowest BCUT2D eigenvalue weighted by Gasteiger charge is -2.13. The Hall–Kier alpha value is -3.77. The van der Waals surface area contributed by atoms with Gasteiger partial charge in [-0.25, -0.2) is 9.97 Å². The highest BCUT2D eigenvalue weighted by Gasteiger charge is 2.21. The average molecular weight is 411 g/mol. The molecule has 3 aromatic carbocycles. The normalized spacial score (nSPS) is 11.0. The number of fused-ring (bicyclic) bond motifs is 1. The molecule has 146 valence electrons. The summed E-state index contributed by atoms with van der Waals surface area (Å²) >= 11 is 1.49. The maximum absolute atomic E-state index is 13.5. The fraction of sp³-hybridized carbons (Fsp3) is 0.0417. The second kappa shape index (κ2) is 7.57. The van der Waals surface area contributed by atoms with Crippen molar-refractivity contribution in [2.45, 2.75) is 0 Å². The maximum atomic E-state index is 13.5. The lowest BCUT2D eigenvalue weighted by atomic mass is 10.1. The van der Waals surface area contributed by atoms with Gasteiger partial charge in [0, 0.05) is 12.6 Å². The fourth-order valence-electron chi connectivity index (χ4n) is 3.47. The summed E-state index contributed by atoms with van der Waals surface area (Å²) in [4.78, 5) is 24.1.